The quantitative estimate of drug-likeness (QED) is 0.414. The first-order valence-corrected chi connectivity index (χ1v) is 11.1. The third-order valence-electron chi connectivity index (χ3n) is 5.93. The van der Waals surface area contributed by atoms with E-state index in [1.807, 2.05) is 44.6 Å². The SMILES string of the molecule is CN(C)c1ccc(N2C(=S)N[C@H](c3ccccn3)[C@H]2c2cccn2-c2ccc(F)cc2)cc1. The predicted octanol–water partition coefficient (Wildman–Crippen LogP) is 5.25. The number of benzene rings is 2. The first-order chi connectivity index (χ1) is 16.0. The molecule has 2 aromatic carbocycles. The molecule has 2 atom stereocenters. The van der Waals surface area contributed by atoms with Crippen molar-refractivity contribution in [3.63, 3.8) is 0 Å². The van der Waals surface area contributed by atoms with Gasteiger partial charge in [-0.05, 0) is 85.0 Å². The molecule has 1 aliphatic rings. The summed E-state index contributed by atoms with van der Waals surface area (Å²) in [6.07, 6.45) is 3.79. The Morgan fingerprint density at radius 2 is 1.64 bits per heavy atom. The molecule has 0 aliphatic carbocycles. The molecule has 5 rings (SSSR count). The molecule has 0 unspecified atom stereocenters. The average Bonchev–Trinajstić information content (AvgIpc) is 3.44. The molecule has 0 saturated carbocycles. The van der Waals surface area contributed by atoms with Gasteiger partial charge in [0.25, 0.3) is 0 Å². The number of rotatable bonds is 5. The molecular weight excluding hydrogens is 433 g/mol. The number of hydrogen-bond donors (Lipinski definition) is 1. The first-order valence-electron chi connectivity index (χ1n) is 10.7. The van der Waals surface area contributed by atoms with Crippen LogP contribution in [-0.4, -0.2) is 28.8 Å². The molecule has 0 radical (unpaired) electrons. The fraction of sp³-hybridized carbons (Fsp3) is 0.154. The highest BCUT2D eigenvalue weighted by atomic mass is 32.1. The van der Waals surface area contributed by atoms with Crippen molar-refractivity contribution in [2.45, 2.75) is 12.1 Å². The van der Waals surface area contributed by atoms with Crippen molar-refractivity contribution in [3.05, 3.63) is 108 Å². The summed E-state index contributed by atoms with van der Waals surface area (Å²) in [5.41, 5.74) is 4.93. The van der Waals surface area contributed by atoms with Crippen LogP contribution < -0.4 is 15.1 Å². The molecule has 1 saturated heterocycles. The summed E-state index contributed by atoms with van der Waals surface area (Å²) in [5, 5.41) is 4.13. The maximum atomic E-state index is 13.6. The molecule has 0 amide bonds. The van der Waals surface area contributed by atoms with Crippen molar-refractivity contribution in [1.29, 1.82) is 0 Å². The summed E-state index contributed by atoms with van der Waals surface area (Å²) < 4.78 is 15.7. The van der Waals surface area contributed by atoms with E-state index in [1.54, 1.807) is 18.3 Å². The number of nitrogens with one attached hydrogen (secondary N) is 1. The molecule has 1 fully saturated rings. The minimum atomic E-state index is -0.259. The molecule has 0 bridgehead atoms. The number of aromatic nitrogens is 2. The van der Waals surface area contributed by atoms with E-state index in [2.05, 4.69) is 55.0 Å². The molecule has 33 heavy (non-hydrogen) atoms. The summed E-state index contributed by atoms with van der Waals surface area (Å²) >= 11 is 5.83. The molecule has 7 heteroatoms. The Balaban J connectivity index is 1.63. The van der Waals surface area contributed by atoms with Gasteiger partial charge in [0.05, 0.1) is 11.7 Å². The van der Waals surface area contributed by atoms with Gasteiger partial charge in [-0.2, -0.15) is 0 Å². The lowest BCUT2D eigenvalue weighted by Gasteiger charge is -2.29. The van der Waals surface area contributed by atoms with Crippen molar-refractivity contribution in [1.82, 2.24) is 14.9 Å². The highest BCUT2D eigenvalue weighted by Gasteiger charge is 2.42. The molecule has 166 valence electrons. The van der Waals surface area contributed by atoms with Gasteiger partial charge in [-0.15, -0.1) is 0 Å². The third-order valence-corrected chi connectivity index (χ3v) is 6.25. The minimum absolute atomic E-state index is 0.152. The average molecular weight is 458 g/mol. The second kappa shape index (κ2) is 8.67. The Kier molecular flexibility index (Phi) is 5.56. The molecule has 1 N–H and O–H groups in total. The first kappa shape index (κ1) is 21.2. The van der Waals surface area contributed by atoms with E-state index in [1.165, 1.54) is 12.1 Å². The Morgan fingerprint density at radius 3 is 2.30 bits per heavy atom. The van der Waals surface area contributed by atoms with E-state index in [-0.39, 0.29) is 17.9 Å². The lowest BCUT2D eigenvalue weighted by Crippen LogP contribution is -2.30. The Bertz CT molecular complexity index is 1250. The van der Waals surface area contributed by atoms with Crippen LogP contribution in [0, 0.1) is 5.82 Å². The van der Waals surface area contributed by atoms with Gasteiger partial charge < -0.3 is 19.7 Å². The van der Waals surface area contributed by atoms with Gasteiger partial charge in [0.15, 0.2) is 5.11 Å². The third kappa shape index (κ3) is 3.96. The van der Waals surface area contributed by atoms with Crippen molar-refractivity contribution in [2.75, 3.05) is 23.9 Å². The molecular formula is C26H24FN5S. The van der Waals surface area contributed by atoms with Gasteiger partial charge in [0.1, 0.15) is 11.9 Å². The van der Waals surface area contributed by atoms with Crippen molar-refractivity contribution >= 4 is 28.7 Å². The summed E-state index contributed by atoms with van der Waals surface area (Å²) in [4.78, 5) is 8.83. The number of nitrogens with zero attached hydrogens (tertiary/aromatic N) is 4. The molecule has 2 aromatic heterocycles. The molecule has 1 aliphatic heterocycles. The van der Waals surface area contributed by atoms with Crippen LogP contribution in [0.5, 0.6) is 0 Å². The largest absolute Gasteiger partial charge is 0.378 e. The van der Waals surface area contributed by atoms with Gasteiger partial charge in [-0.3, -0.25) is 4.98 Å². The van der Waals surface area contributed by atoms with E-state index in [9.17, 15) is 4.39 Å². The Labute approximate surface area is 198 Å². The molecule has 5 nitrogen and oxygen atoms in total. The van der Waals surface area contributed by atoms with Crippen LogP contribution >= 0.6 is 12.2 Å². The normalized spacial score (nSPS) is 17.8. The molecule has 3 heterocycles. The highest BCUT2D eigenvalue weighted by Crippen LogP contribution is 2.42. The van der Waals surface area contributed by atoms with Crippen LogP contribution in [0.25, 0.3) is 5.69 Å². The summed E-state index contributed by atoms with van der Waals surface area (Å²) in [6.45, 7) is 0. The number of anilines is 2. The topological polar surface area (TPSA) is 36.3 Å². The van der Waals surface area contributed by atoms with Gasteiger partial charge in [0.2, 0.25) is 0 Å². The van der Waals surface area contributed by atoms with E-state index in [0.29, 0.717) is 5.11 Å². The van der Waals surface area contributed by atoms with Crippen molar-refractivity contribution < 1.29 is 4.39 Å². The maximum Gasteiger partial charge on any atom is 0.174 e. The molecule has 4 aromatic rings. The van der Waals surface area contributed by atoms with Gasteiger partial charge in [-0.25, -0.2) is 4.39 Å². The van der Waals surface area contributed by atoms with Gasteiger partial charge in [-0.1, -0.05) is 6.07 Å². The highest BCUT2D eigenvalue weighted by molar-refractivity contribution is 7.80. The zero-order valence-corrected chi connectivity index (χ0v) is 19.2. The maximum absolute atomic E-state index is 13.6. The van der Waals surface area contributed by atoms with Crippen LogP contribution in [0.15, 0.2) is 91.3 Å². The summed E-state index contributed by atoms with van der Waals surface area (Å²) in [6, 6.07) is 24.5. The number of hydrogen-bond acceptors (Lipinski definition) is 3. The van der Waals surface area contributed by atoms with E-state index in [4.69, 9.17) is 12.2 Å². The lowest BCUT2D eigenvalue weighted by molar-refractivity contribution is 0.549. The zero-order chi connectivity index (χ0) is 22.9. The minimum Gasteiger partial charge on any atom is -0.378 e. The number of halogens is 1. The standard InChI is InChI=1S/C26H24FN5S/c1-30(2)19-12-14-21(15-13-19)32-25(24(29-26(32)33)22-6-3-4-16-28-22)23-7-5-17-31(23)20-10-8-18(27)9-11-20/h3-17,24-25H,1-2H3,(H,29,33)/t24-,25-/m1/s1. The predicted molar refractivity (Wildman–Crippen MR) is 134 cm³/mol. The van der Waals surface area contributed by atoms with Gasteiger partial charge >= 0.3 is 0 Å². The number of pyridine rings is 1. The summed E-state index contributed by atoms with van der Waals surface area (Å²) in [5.74, 6) is -0.259. The van der Waals surface area contributed by atoms with E-state index < -0.39 is 0 Å². The Hall–Kier alpha value is -3.71. The second-order valence-corrected chi connectivity index (χ2v) is 8.57. The van der Waals surface area contributed by atoms with Crippen LogP contribution in [0.2, 0.25) is 0 Å². The fourth-order valence-corrected chi connectivity index (χ4v) is 4.66. The van der Waals surface area contributed by atoms with Crippen LogP contribution in [0.3, 0.4) is 0 Å². The van der Waals surface area contributed by atoms with E-state index >= 15 is 0 Å². The van der Waals surface area contributed by atoms with Crippen molar-refractivity contribution in [3.8, 4) is 5.69 Å². The lowest BCUT2D eigenvalue weighted by atomic mass is 10.0. The molecule has 0 spiro atoms. The van der Waals surface area contributed by atoms with E-state index in [0.717, 1.165) is 28.5 Å². The number of thiocarbonyl (C=S) groups is 1. The zero-order valence-electron chi connectivity index (χ0n) is 18.4. The second-order valence-electron chi connectivity index (χ2n) is 8.19. The van der Waals surface area contributed by atoms with Crippen LogP contribution in [0.4, 0.5) is 15.8 Å². The smallest absolute Gasteiger partial charge is 0.174 e. The monoisotopic (exact) mass is 457 g/mol. The van der Waals surface area contributed by atoms with Crippen molar-refractivity contribution in [2.24, 2.45) is 0 Å². The fourth-order valence-electron chi connectivity index (χ4n) is 4.32. The Morgan fingerprint density at radius 1 is 0.909 bits per heavy atom. The van der Waals surface area contributed by atoms with Crippen LogP contribution in [-0.2, 0) is 0 Å². The summed E-state index contributed by atoms with van der Waals surface area (Å²) in [7, 11) is 4.04. The van der Waals surface area contributed by atoms with Gasteiger partial charge in [0, 0.05) is 49.2 Å². The van der Waals surface area contributed by atoms with Crippen LogP contribution in [0.1, 0.15) is 23.5 Å².